The second kappa shape index (κ2) is 20.5. The summed E-state index contributed by atoms with van der Waals surface area (Å²) in [7, 11) is 0. The second-order valence-corrected chi connectivity index (χ2v) is 4.83. The van der Waals surface area contributed by atoms with Crippen molar-refractivity contribution in [1.29, 1.82) is 0 Å². The van der Waals surface area contributed by atoms with Crippen LogP contribution in [0.25, 0.3) is 11.6 Å². The maximum atomic E-state index is 4.10. The van der Waals surface area contributed by atoms with Gasteiger partial charge in [-0.3, -0.25) is 0 Å². The summed E-state index contributed by atoms with van der Waals surface area (Å²) in [5.41, 5.74) is 4.61. The topological polar surface area (TPSA) is 0 Å². The van der Waals surface area contributed by atoms with E-state index in [-0.39, 0.29) is 0 Å². The first-order chi connectivity index (χ1) is 13.8. The summed E-state index contributed by atoms with van der Waals surface area (Å²) in [6.45, 7) is 19.7. The van der Waals surface area contributed by atoms with E-state index in [9.17, 15) is 0 Å². The molecule has 0 amide bonds. The van der Waals surface area contributed by atoms with Crippen LogP contribution in [0.4, 0.5) is 0 Å². The standard InChI is InChI=1S/C14H12.C8H8.3C2H6/c1-12(13-8-4-2-5-9-13)14-10-6-3-7-11-14;1-2-8-6-4-3-5-7-8;3*1-2/h2-11H,1H2;2-7H,1H2;3*1-2H3. The number of rotatable bonds is 3. The van der Waals surface area contributed by atoms with Crippen molar-refractivity contribution in [3.8, 4) is 0 Å². The van der Waals surface area contributed by atoms with Crippen molar-refractivity contribution in [2.75, 3.05) is 0 Å². The third-order valence-corrected chi connectivity index (χ3v) is 3.28. The maximum Gasteiger partial charge on any atom is -0.0183 e. The van der Waals surface area contributed by atoms with Crippen LogP contribution in [0.3, 0.4) is 0 Å². The fraction of sp³-hybridized carbons (Fsp3) is 0.214. The van der Waals surface area contributed by atoms with Crippen molar-refractivity contribution < 1.29 is 0 Å². The Morgan fingerprint density at radius 2 is 0.821 bits per heavy atom. The van der Waals surface area contributed by atoms with E-state index in [1.807, 2.05) is 114 Å². The van der Waals surface area contributed by atoms with Crippen LogP contribution in [0.5, 0.6) is 0 Å². The van der Waals surface area contributed by atoms with Gasteiger partial charge in [-0.05, 0) is 22.3 Å². The van der Waals surface area contributed by atoms with Crippen LogP contribution in [0, 0.1) is 0 Å². The molecule has 0 aliphatic rings. The molecule has 3 rings (SSSR count). The van der Waals surface area contributed by atoms with E-state index >= 15 is 0 Å². The zero-order valence-electron chi connectivity index (χ0n) is 18.7. The number of benzene rings is 3. The van der Waals surface area contributed by atoms with Gasteiger partial charge in [0.1, 0.15) is 0 Å². The van der Waals surface area contributed by atoms with Crippen molar-refractivity contribution in [3.05, 3.63) is 121 Å². The first kappa shape index (κ1) is 27.4. The van der Waals surface area contributed by atoms with E-state index in [2.05, 4.69) is 37.4 Å². The van der Waals surface area contributed by atoms with Crippen LogP contribution in [-0.4, -0.2) is 0 Å². The Morgan fingerprint density at radius 3 is 1.07 bits per heavy atom. The van der Waals surface area contributed by atoms with Crippen LogP contribution < -0.4 is 0 Å². The highest BCUT2D eigenvalue weighted by Crippen LogP contribution is 2.20. The van der Waals surface area contributed by atoms with Gasteiger partial charge in [-0.25, -0.2) is 0 Å². The van der Waals surface area contributed by atoms with Gasteiger partial charge in [0, 0.05) is 0 Å². The Kier molecular flexibility index (Phi) is 20.0. The van der Waals surface area contributed by atoms with E-state index in [4.69, 9.17) is 0 Å². The number of hydrogen-bond donors (Lipinski definition) is 0. The molecule has 0 aliphatic heterocycles. The SMILES string of the molecule is C=C(c1ccccc1)c1ccccc1.C=Cc1ccccc1.CC.CC.CC. The van der Waals surface area contributed by atoms with Gasteiger partial charge in [0.05, 0.1) is 0 Å². The van der Waals surface area contributed by atoms with E-state index < -0.39 is 0 Å². The van der Waals surface area contributed by atoms with Crippen molar-refractivity contribution in [1.82, 2.24) is 0 Å². The lowest BCUT2D eigenvalue weighted by atomic mass is 10.0. The van der Waals surface area contributed by atoms with Crippen molar-refractivity contribution in [2.45, 2.75) is 41.5 Å². The summed E-state index contributed by atoms with van der Waals surface area (Å²) in [5.74, 6) is 0. The lowest BCUT2D eigenvalue weighted by Crippen LogP contribution is -1.84. The molecule has 0 nitrogen and oxygen atoms in total. The van der Waals surface area contributed by atoms with Crippen LogP contribution in [-0.2, 0) is 0 Å². The number of hydrogen-bond acceptors (Lipinski definition) is 0. The lowest BCUT2D eigenvalue weighted by molar-refractivity contribution is 1.50. The molecular weight excluding hydrogens is 336 g/mol. The summed E-state index contributed by atoms with van der Waals surface area (Å²) >= 11 is 0. The van der Waals surface area contributed by atoms with Crippen LogP contribution >= 0.6 is 0 Å². The molecule has 28 heavy (non-hydrogen) atoms. The highest BCUT2D eigenvalue weighted by molar-refractivity contribution is 5.77. The Bertz CT molecular complexity index is 653. The largest absolute Gasteiger partial charge is 0.0985 e. The summed E-state index contributed by atoms with van der Waals surface area (Å²) in [6, 6.07) is 30.5. The Labute approximate surface area is 174 Å². The van der Waals surface area contributed by atoms with Gasteiger partial charge in [0.15, 0.2) is 0 Å². The predicted molar refractivity (Wildman–Crippen MR) is 132 cm³/mol. The first-order valence-corrected chi connectivity index (χ1v) is 10.3. The fourth-order valence-corrected chi connectivity index (χ4v) is 2.03. The lowest BCUT2D eigenvalue weighted by Gasteiger charge is -2.04. The Balaban J connectivity index is 0. The summed E-state index contributed by atoms with van der Waals surface area (Å²) in [6.07, 6.45) is 1.83. The average molecular weight is 375 g/mol. The molecule has 0 N–H and O–H groups in total. The molecule has 3 aromatic carbocycles. The van der Waals surface area contributed by atoms with Gasteiger partial charge in [0.2, 0.25) is 0 Å². The third-order valence-electron chi connectivity index (χ3n) is 3.28. The van der Waals surface area contributed by atoms with Crippen molar-refractivity contribution in [2.24, 2.45) is 0 Å². The minimum absolute atomic E-state index is 1.08. The normalized spacial score (nSPS) is 7.93. The molecule has 0 radical (unpaired) electrons. The minimum Gasteiger partial charge on any atom is -0.0985 e. The molecule has 0 atom stereocenters. The minimum atomic E-state index is 1.08. The van der Waals surface area contributed by atoms with Gasteiger partial charge in [0.25, 0.3) is 0 Å². The first-order valence-electron chi connectivity index (χ1n) is 10.3. The van der Waals surface area contributed by atoms with Gasteiger partial charge in [-0.15, -0.1) is 0 Å². The Morgan fingerprint density at radius 1 is 0.536 bits per heavy atom. The van der Waals surface area contributed by atoms with Crippen LogP contribution in [0.15, 0.2) is 104 Å². The highest BCUT2D eigenvalue weighted by atomic mass is 14.0. The zero-order valence-corrected chi connectivity index (χ0v) is 18.7. The molecule has 0 aliphatic carbocycles. The fourth-order valence-electron chi connectivity index (χ4n) is 2.03. The highest BCUT2D eigenvalue weighted by Gasteiger charge is 1.99. The summed E-state index contributed by atoms with van der Waals surface area (Å²) in [5, 5.41) is 0. The molecule has 0 saturated carbocycles. The molecule has 0 aromatic heterocycles. The molecular formula is C28H38. The molecule has 0 heteroatoms. The van der Waals surface area contributed by atoms with Gasteiger partial charge < -0.3 is 0 Å². The summed E-state index contributed by atoms with van der Waals surface area (Å²) in [4.78, 5) is 0. The second-order valence-electron chi connectivity index (χ2n) is 4.83. The van der Waals surface area contributed by atoms with Crippen molar-refractivity contribution >= 4 is 11.6 Å². The third kappa shape index (κ3) is 11.7. The molecule has 3 aromatic rings. The van der Waals surface area contributed by atoms with Gasteiger partial charge >= 0.3 is 0 Å². The molecule has 0 spiro atoms. The quantitative estimate of drug-likeness (QED) is 0.428. The molecule has 0 unspecified atom stereocenters. The maximum absolute atomic E-state index is 4.10. The Hall–Kier alpha value is -2.86. The van der Waals surface area contributed by atoms with Crippen LogP contribution in [0.1, 0.15) is 58.2 Å². The zero-order chi connectivity index (χ0) is 21.6. The van der Waals surface area contributed by atoms with Gasteiger partial charge in [-0.2, -0.15) is 0 Å². The average Bonchev–Trinajstić information content (AvgIpc) is 2.84. The van der Waals surface area contributed by atoms with Crippen LogP contribution in [0.2, 0.25) is 0 Å². The monoisotopic (exact) mass is 374 g/mol. The van der Waals surface area contributed by atoms with E-state index in [0.29, 0.717) is 0 Å². The van der Waals surface area contributed by atoms with Crippen molar-refractivity contribution in [3.63, 3.8) is 0 Å². The molecule has 0 saturated heterocycles. The molecule has 0 fully saturated rings. The van der Waals surface area contributed by atoms with Gasteiger partial charge in [-0.1, -0.05) is 152 Å². The predicted octanol–water partition coefficient (Wildman–Crippen LogP) is 9.16. The summed E-state index contributed by atoms with van der Waals surface area (Å²) < 4.78 is 0. The molecule has 0 bridgehead atoms. The molecule has 150 valence electrons. The van der Waals surface area contributed by atoms with E-state index in [0.717, 1.165) is 5.57 Å². The molecule has 0 heterocycles. The smallest absolute Gasteiger partial charge is 0.0183 e. The van der Waals surface area contributed by atoms with E-state index in [1.54, 1.807) is 0 Å². The van der Waals surface area contributed by atoms with E-state index in [1.165, 1.54) is 16.7 Å².